The molecule has 0 aromatic rings. The molecule has 1 aliphatic rings. The Bertz CT molecular complexity index is 316. The van der Waals surface area contributed by atoms with Crippen LogP contribution in [-0.4, -0.2) is 46.6 Å². The number of carbonyl (C=O) groups excluding carboxylic acids is 1. The van der Waals surface area contributed by atoms with Crippen LogP contribution in [0.25, 0.3) is 0 Å². The second-order valence-corrected chi connectivity index (χ2v) is 5.29. The van der Waals surface area contributed by atoms with Gasteiger partial charge in [0.1, 0.15) is 6.04 Å². The number of nitrogens with zero attached hydrogens (tertiary/aromatic N) is 1. The van der Waals surface area contributed by atoms with Crippen molar-refractivity contribution in [2.45, 2.75) is 71.0 Å². The summed E-state index contributed by atoms with van der Waals surface area (Å²) in [6.07, 6.45) is 4.33. The normalized spacial score (nSPS) is 22.2. The smallest absolute Gasteiger partial charge is 0.320 e. The zero-order valence-corrected chi connectivity index (χ0v) is 12.2. The maximum absolute atomic E-state index is 12.2. The van der Waals surface area contributed by atoms with Gasteiger partial charge in [-0.2, -0.15) is 0 Å². The van der Waals surface area contributed by atoms with Gasteiger partial charge in [0.05, 0.1) is 6.04 Å². The van der Waals surface area contributed by atoms with Crippen molar-refractivity contribution in [2.75, 3.05) is 6.54 Å². The molecule has 1 heterocycles. The minimum absolute atomic E-state index is 0.0538. The Morgan fingerprint density at radius 3 is 2.47 bits per heavy atom. The van der Waals surface area contributed by atoms with Crippen LogP contribution in [0.1, 0.15) is 52.9 Å². The first-order valence-electron chi connectivity index (χ1n) is 7.30. The molecular weight excluding hydrogens is 244 g/mol. The lowest BCUT2D eigenvalue weighted by Gasteiger charge is -2.37. The number of piperidine rings is 1. The van der Waals surface area contributed by atoms with Gasteiger partial charge in [-0.1, -0.05) is 20.3 Å². The van der Waals surface area contributed by atoms with Crippen molar-refractivity contribution >= 4 is 11.9 Å². The highest BCUT2D eigenvalue weighted by atomic mass is 16.4. The first kappa shape index (κ1) is 16.0. The van der Waals surface area contributed by atoms with Crippen LogP contribution in [0.5, 0.6) is 0 Å². The van der Waals surface area contributed by atoms with Crippen LogP contribution >= 0.6 is 0 Å². The number of hydrogen-bond acceptors (Lipinski definition) is 3. The van der Waals surface area contributed by atoms with E-state index in [1.54, 1.807) is 6.92 Å². The first-order valence-corrected chi connectivity index (χ1v) is 7.30. The summed E-state index contributed by atoms with van der Waals surface area (Å²) in [6, 6.07) is -0.707. The highest BCUT2D eigenvalue weighted by Gasteiger charge is 2.34. The number of aliphatic carboxylic acids is 1. The molecule has 5 heteroatoms. The van der Waals surface area contributed by atoms with E-state index in [-0.39, 0.29) is 18.0 Å². The Morgan fingerprint density at radius 1 is 1.32 bits per heavy atom. The van der Waals surface area contributed by atoms with Crippen LogP contribution in [0.4, 0.5) is 0 Å². The molecule has 2 atom stereocenters. The zero-order chi connectivity index (χ0) is 14.4. The number of carbonyl (C=O) groups is 2. The molecule has 0 bridgehead atoms. The number of carboxylic acid groups (broad SMARTS) is 1. The van der Waals surface area contributed by atoms with E-state index in [4.69, 9.17) is 0 Å². The molecule has 0 aromatic carbocycles. The van der Waals surface area contributed by atoms with Gasteiger partial charge in [-0.05, 0) is 39.2 Å². The van der Waals surface area contributed by atoms with Crippen molar-refractivity contribution in [1.29, 1.82) is 0 Å². The van der Waals surface area contributed by atoms with Gasteiger partial charge in [-0.3, -0.25) is 14.5 Å². The van der Waals surface area contributed by atoms with Gasteiger partial charge in [0.15, 0.2) is 0 Å². The van der Waals surface area contributed by atoms with Gasteiger partial charge in [0.25, 0.3) is 0 Å². The molecule has 19 heavy (non-hydrogen) atoms. The molecule has 0 saturated carbocycles. The number of likely N-dealkylation sites (tertiary alicyclic amines) is 1. The average Bonchev–Trinajstić information content (AvgIpc) is 2.43. The Labute approximate surface area is 115 Å². The SMILES string of the molecule is CCC(CC)NC(=O)C(C)N1CCCCC1C(=O)O. The van der Waals surface area contributed by atoms with Crippen LogP contribution < -0.4 is 5.32 Å². The predicted molar refractivity (Wildman–Crippen MR) is 74.0 cm³/mol. The van der Waals surface area contributed by atoms with Crippen molar-refractivity contribution < 1.29 is 14.7 Å². The maximum atomic E-state index is 12.2. The average molecular weight is 270 g/mol. The highest BCUT2D eigenvalue weighted by molar-refractivity contribution is 5.83. The molecule has 110 valence electrons. The monoisotopic (exact) mass is 270 g/mol. The molecule has 2 N–H and O–H groups in total. The number of nitrogens with one attached hydrogen (secondary N) is 1. The maximum Gasteiger partial charge on any atom is 0.320 e. The molecule has 1 fully saturated rings. The largest absolute Gasteiger partial charge is 0.480 e. The van der Waals surface area contributed by atoms with Crippen LogP contribution in [-0.2, 0) is 9.59 Å². The lowest BCUT2D eigenvalue weighted by atomic mass is 9.99. The minimum Gasteiger partial charge on any atom is -0.480 e. The number of hydrogen-bond donors (Lipinski definition) is 2. The topological polar surface area (TPSA) is 69.6 Å². The molecule has 1 aliphatic heterocycles. The lowest BCUT2D eigenvalue weighted by Crippen LogP contribution is -2.55. The summed E-state index contributed by atoms with van der Waals surface area (Å²) in [6.45, 7) is 6.58. The second-order valence-electron chi connectivity index (χ2n) is 5.29. The fraction of sp³-hybridized carbons (Fsp3) is 0.857. The van der Waals surface area contributed by atoms with Crippen LogP contribution in [0.2, 0.25) is 0 Å². The van der Waals surface area contributed by atoms with Crippen molar-refractivity contribution in [3.63, 3.8) is 0 Å². The number of carboxylic acids is 1. The van der Waals surface area contributed by atoms with E-state index in [2.05, 4.69) is 5.32 Å². The van der Waals surface area contributed by atoms with E-state index < -0.39 is 12.0 Å². The van der Waals surface area contributed by atoms with Crippen LogP contribution in [0, 0.1) is 0 Å². The molecule has 0 radical (unpaired) electrons. The molecular formula is C14H26N2O3. The summed E-state index contributed by atoms with van der Waals surface area (Å²) < 4.78 is 0. The van der Waals surface area contributed by atoms with E-state index in [1.165, 1.54) is 0 Å². The number of amides is 1. The van der Waals surface area contributed by atoms with E-state index in [0.29, 0.717) is 13.0 Å². The van der Waals surface area contributed by atoms with Crippen LogP contribution in [0.3, 0.4) is 0 Å². The van der Waals surface area contributed by atoms with Crippen molar-refractivity contribution in [3.05, 3.63) is 0 Å². The second kappa shape index (κ2) is 7.48. The fourth-order valence-corrected chi connectivity index (χ4v) is 2.65. The summed E-state index contributed by atoms with van der Waals surface area (Å²) in [4.78, 5) is 25.3. The third-order valence-electron chi connectivity index (χ3n) is 4.04. The molecule has 0 spiro atoms. The molecule has 0 aromatic heterocycles. The lowest BCUT2D eigenvalue weighted by molar-refractivity contribution is -0.147. The summed E-state index contributed by atoms with van der Waals surface area (Å²) in [5.74, 6) is -0.872. The molecule has 0 aliphatic carbocycles. The van der Waals surface area contributed by atoms with Crippen molar-refractivity contribution in [3.8, 4) is 0 Å². The molecule has 1 rings (SSSR count). The Balaban J connectivity index is 2.65. The predicted octanol–water partition coefficient (Wildman–Crippen LogP) is 1.62. The number of rotatable bonds is 6. The van der Waals surface area contributed by atoms with Crippen molar-refractivity contribution in [2.24, 2.45) is 0 Å². The summed E-state index contributed by atoms with van der Waals surface area (Å²) >= 11 is 0. The minimum atomic E-state index is -0.818. The highest BCUT2D eigenvalue weighted by Crippen LogP contribution is 2.20. The Kier molecular flexibility index (Phi) is 6.28. The van der Waals surface area contributed by atoms with Gasteiger partial charge in [0, 0.05) is 6.04 Å². The standard InChI is InChI=1S/C14H26N2O3/c1-4-11(5-2)15-13(17)10(3)16-9-7-6-8-12(16)14(18)19/h10-12H,4-9H2,1-3H3,(H,15,17)(H,18,19). The summed E-state index contributed by atoms with van der Waals surface area (Å²) in [7, 11) is 0. The molecule has 1 amide bonds. The van der Waals surface area contributed by atoms with E-state index in [1.807, 2.05) is 18.7 Å². The molecule has 2 unspecified atom stereocenters. The van der Waals surface area contributed by atoms with E-state index in [9.17, 15) is 14.7 Å². The Hall–Kier alpha value is -1.10. The van der Waals surface area contributed by atoms with E-state index in [0.717, 1.165) is 25.7 Å². The van der Waals surface area contributed by atoms with E-state index >= 15 is 0 Å². The zero-order valence-electron chi connectivity index (χ0n) is 12.2. The molecule has 5 nitrogen and oxygen atoms in total. The van der Waals surface area contributed by atoms with Gasteiger partial charge >= 0.3 is 5.97 Å². The van der Waals surface area contributed by atoms with Gasteiger partial charge in [0.2, 0.25) is 5.91 Å². The van der Waals surface area contributed by atoms with Gasteiger partial charge in [-0.25, -0.2) is 0 Å². The van der Waals surface area contributed by atoms with Crippen molar-refractivity contribution in [1.82, 2.24) is 10.2 Å². The summed E-state index contributed by atoms with van der Waals surface area (Å²) in [5.41, 5.74) is 0. The quantitative estimate of drug-likeness (QED) is 0.769. The first-order chi connectivity index (χ1) is 9.01. The summed E-state index contributed by atoms with van der Waals surface area (Å²) in [5, 5.41) is 12.2. The third-order valence-corrected chi connectivity index (χ3v) is 4.04. The Morgan fingerprint density at radius 2 is 1.95 bits per heavy atom. The van der Waals surface area contributed by atoms with Gasteiger partial charge in [-0.15, -0.1) is 0 Å². The van der Waals surface area contributed by atoms with Crippen LogP contribution in [0.15, 0.2) is 0 Å². The fourth-order valence-electron chi connectivity index (χ4n) is 2.65. The molecule has 1 saturated heterocycles. The third kappa shape index (κ3) is 4.20. The van der Waals surface area contributed by atoms with Gasteiger partial charge < -0.3 is 10.4 Å².